The molecule has 2 N–H and O–H groups in total. The Morgan fingerprint density at radius 1 is 1.39 bits per heavy atom. The third-order valence-corrected chi connectivity index (χ3v) is 3.59. The molecule has 1 rings (SSSR count). The number of nitriles is 1. The van der Waals surface area contributed by atoms with E-state index in [1.54, 1.807) is 12.1 Å². The Balaban J connectivity index is 2.57. The van der Waals surface area contributed by atoms with Crippen LogP contribution < -0.4 is 5.73 Å². The SMILES string of the molecule is CCC(N)(CC)COCc1ccc(C#N)cc1Cl. The van der Waals surface area contributed by atoms with Crippen LogP contribution in [0.25, 0.3) is 0 Å². The lowest BCUT2D eigenvalue weighted by atomic mass is 9.96. The van der Waals surface area contributed by atoms with Crippen LogP contribution in [-0.4, -0.2) is 12.1 Å². The zero-order valence-corrected chi connectivity index (χ0v) is 11.6. The Bertz CT molecular complexity index is 436. The molecule has 98 valence electrons. The van der Waals surface area contributed by atoms with Crippen molar-refractivity contribution in [2.75, 3.05) is 6.61 Å². The molecule has 0 radical (unpaired) electrons. The van der Waals surface area contributed by atoms with Gasteiger partial charge in [0, 0.05) is 10.6 Å². The van der Waals surface area contributed by atoms with E-state index < -0.39 is 0 Å². The van der Waals surface area contributed by atoms with Gasteiger partial charge in [-0.3, -0.25) is 0 Å². The van der Waals surface area contributed by atoms with Crippen molar-refractivity contribution < 1.29 is 4.74 Å². The predicted molar refractivity (Wildman–Crippen MR) is 73.3 cm³/mol. The molecule has 0 unspecified atom stereocenters. The molecule has 0 amide bonds. The van der Waals surface area contributed by atoms with Crippen LogP contribution in [0, 0.1) is 11.3 Å². The van der Waals surface area contributed by atoms with Gasteiger partial charge in [-0.05, 0) is 30.5 Å². The quantitative estimate of drug-likeness (QED) is 0.860. The molecular weight excluding hydrogens is 248 g/mol. The number of benzene rings is 1. The summed E-state index contributed by atoms with van der Waals surface area (Å²) in [6.45, 7) is 5.04. The lowest BCUT2D eigenvalue weighted by Crippen LogP contribution is -2.43. The molecule has 0 aliphatic carbocycles. The summed E-state index contributed by atoms with van der Waals surface area (Å²) < 4.78 is 5.63. The summed E-state index contributed by atoms with van der Waals surface area (Å²) in [5.74, 6) is 0. The van der Waals surface area contributed by atoms with Crippen LogP contribution in [0.3, 0.4) is 0 Å². The van der Waals surface area contributed by atoms with E-state index in [1.807, 2.05) is 12.1 Å². The predicted octanol–water partition coefficient (Wildman–Crippen LogP) is 3.25. The zero-order valence-electron chi connectivity index (χ0n) is 10.9. The highest BCUT2D eigenvalue weighted by Crippen LogP contribution is 2.19. The van der Waals surface area contributed by atoms with Gasteiger partial charge in [-0.15, -0.1) is 0 Å². The topological polar surface area (TPSA) is 59.0 Å². The lowest BCUT2D eigenvalue weighted by molar-refractivity contribution is 0.0697. The van der Waals surface area contributed by atoms with E-state index in [0.29, 0.717) is 23.8 Å². The summed E-state index contributed by atoms with van der Waals surface area (Å²) in [6, 6.07) is 7.25. The summed E-state index contributed by atoms with van der Waals surface area (Å²) in [7, 11) is 0. The molecule has 0 aromatic heterocycles. The van der Waals surface area contributed by atoms with E-state index in [1.165, 1.54) is 0 Å². The van der Waals surface area contributed by atoms with Gasteiger partial charge < -0.3 is 10.5 Å². The molecule has 0 aliphatic heterocycles. The largest absolute Gasteiger partial charge is 0.375 e. The minimum atomic E-state index is -0.265. The van der Waals surface area contributed by atoms with Gasteiger partial charge in [0.15, 0.2) is 0 Å². The summed E-state index contributed by atoms with van der Waals surface area (Å²) >= 11 is 6.06. The van der Waals surface area contributed by atoms with Crippen LogP contribution in [0.2, 0.25) is 5.02 Å². The first-order valence-electron chi connectivity index (χ1n) is 6.10. The lowest BCUT2D eigenvalue weighted by Gasteiger charge is -2.26. The van der Waals surface area contributed by atoms with Gasteiger partial charge in [-0.25, -0.2) is 0 Å². The van der Waals surface area contributed by atoms with Crippen molar-refractivity contribution in [2.24, 2.45) is 5.73 Å². The average Bonchev–Trinajstić information content (AvgIpc) is 2.40. The first-order chi connectivity index (χ1) is 8.54. The first kappa shape index (κ1) is 15.0. The molecule has 0 heterocycles. The molecule has 0 atom stereocenters. The number of hydrogen-bond donors (Lipinski definition) is 1. The smallest absolute Gasteiger partial charge is 0.0992 e. The van der Waals surface area contributed by atoms with Gasteiger partial charge in [0.1, 0.15) is 0 Å². The number of nitrogens with zero attached hydrogens (tertiary/aromatic N) is 1. The van der Waals surface area contributed by atoms with E-state index in [0.717, 1.165) is 18.4 Å². The molecular formula is C14H19ClN2O. The van der Waals surface area contributed by atoms with E-state index in [2.05, 4.69) is 13.8 Å². The Morgan fingerprint density at radius 2 is 2.06 bits per heavy atom. The fourth-order valence-electron chi connectivity index (χ4n) is 1.55. The van der Waals surface area contributed by atoms with Gasteiger partial charge in [-0.2, -0.15) is 5.26 Å². The third kappa shape index (κ3) is 3.99. The molecule has 1 aromatic carbocycles. The molecule has 0 spiro atoms. The summed E-state index contributed by atoms with van der Waals surface area (Å²) in [6.07, 6.45) is 1.76. The highest BCUT2D eigenvalue weighted by Gasteiger charge is 2.20. The molecule has 4 heteroatoms. The van der Waals surface area contributed by atoms with Crippen molar-refractivity contribution in [3.05, 3.63) is 34.3 Å². The Morgan fingerprint density at radius 3 is 2.56 bits per heavy atom. The average molecular weight is 267 g/mol. The minimum absolute atomic E-state index is 0.265. The first-order valence-corrected chi connectivity index (χ1v) is 6.47. The maximum Gasteiger partial charge on any atom is 0.0992 e. The molecule has 3 nitrogen and oxygen atoms in total. The fourth-order valence-corrected chi connectivity index (χ4v) is 1.79. The Kier molecular flexibility index (Phi) is 5.61. The van der Waals surface area contributed by atoms with E-state index in [9.17, 15) is 0 Å². The minimum Gasteiger partial charge on any atom is -0.375 e. The molecule has 0 aliphatic rings. The molecule has 0 saturated carbocycles. The van der Waals surface area contributed by atoms with E-state index in [-0.39, 0.29) is 5.54 Å². The van der Waals surface area contributed by atoms with Crippen LogP contribution in [0.1, 0.15) is 37.8 Å². The number of nitrogens with two attached hydrogens (primary N) is 1. The van der Waals surface area contributed by atoms with Crippen molar-refractivity contribution in [3.63, 3.8) is 0 Å². The second kappa shape index (κ2) is 6.75. The summed E-state index contributed by atoms with van der Waals surface area (Å²) in [5, 5.41) is 9.30. The van der Waals surface area contributed by atoms with Crippen molar-refractivity contribution in [1.29, 1.82) is 5.26 Å². The van der Waals surface area contributed by atoms with Gasteiger partial charge >= 0.3 is 0 Å². The number of rotatable bonds is 6. The Hall–Kier alpha value is -1.08. The second-order valence-corrected chi connectivity index (χ2v) is 4.89. The number of hydrogen-bond acceptors (Lipinski definition) is 3. The highest BCUT2D eigenvalue weighted by atomic mass is 35.5. The van der Waals surface area contributed by atoms with E-state index >= 15 is 0 Å². The van der Waals surface area contributed by atoms with Gasteiger partial charge in [-0.1, -0.05) is 31.5 Å². The van der Waals surface area contributed by atoms with Gasteiger partial charge in [0.25, 0.3) is 0 Å². The number of halogens is 1. The maximum atomic E-state index is 8.74. The molecule has 1 aromatic rings. The van der Waals surface area contributed by atoms with Crippen molar-refractivity contribution in [1.82, 2.24) is 0 Å². The van der Waals surface area contributed by atoms with Gasteiger partial charge in [0.2, 0.25) is 0 Å². The molecule has 0 bridgehead atoms. The highest BCUT2D eigenvalue weighted by molar-refractivity contribution is 6.31. The van der Waals surface area contributed by atoms with Crippen molar-refractivity contribution in [2.45, 2.75) is 38.8 Å². The Labute approximate surface area is 114 Å². The summed E-state index contributed by atoms with van der Waals surface area (Å²) in [5.41, 5.74) is 7.31. The molecule has 0 fully saturated rings. The maximum absolute atomic E-state index is 8.74. The fraction of sp³-hybridized carbons (Fsp3) is 0.500. The van der Waals surface area contributed by atoms with Crippen molar-refractivity contribution in [3.8, 4) is 6.07 Å². The standard InChI is InChI=1S/C14H19ClN2O/c1-3-14(17,4-2)10-18-9-12-6-5-11(8-16)7-13(12)15/h5-7H,3-4,9-10,17H2,1-2H3. The van der Waals surface area contributed by atoms with Crippen LogP contribution >= 0.6 is 11.6 Å². The molecule has 18 heavy (non-hydrogen) atoms. The van der Waals surface area contributed by atoms with Crippen molar-refractivity contribution >= 4 is 11.6 Å². The monoisotopic (exact) mass is 266 g/mol. The van der Waals surface area contributed by atoms with Crippen LogP contribution in [0.5, 0.6) is 0 Å². The van der Waals surface area contributed by atoms with Gasteiger partial charge in [0.05, 0.1) is 24.8 Å². The third-order valence-electron chi connectivity index (χ3n) is 3.24. The van der Waals surface area contributed by atoms with Crippen LogP contribution in [0.4, 0.5) is 0 Å². The van der Waals surface area contributed by atoms with E-state index in [4.69, 9.17) is 27.3 Å². The van der Waals surface area contributed by atoms with Crippen LogP contribution in [-0.2, 0) is 11.3 Å². The summed E-state index contributed by atoms with van der Waals surface area (Å²) in [4.78, 5) is 0. The zero-order chi connectivity index (χ0) is 13.6. The molecule has 0 saturated heterocycles. The second-order valence-electron chi connectivity index (χ2n) is 4.48. The number of ether oxygens (including phenoxy) is 1. The normalized spacial score (nSPS) is 11.3. The van der Waals surface area contributed by atoms with Crippen LogP contribution in [0.15, 0.2) is 18.2 Å².